The molecule has 142 valence electrons. The Morgan fingerprint density at radius 2 is 1.38 bits per heavy atom. The number of benzene rings is 1. The molecule has 8 nitrogen and oxygen atoms in total. The Balaban J connectivity index is 1.52. The van der Waals surface area contributed by atoms with E-state index in [9.17, 15) is 18.0 Å². The van der Waals surface area contributed by atoms with E-state index in [4.69, 9.17) is 13.7 Å². The number of carbonyl (C=O) groups is 2. The number of imide groups is 1. The summed E-state index contributed by atoms with van der Waals surface area (Å²) in [7, 11) is -3.78. The van der Waals surface area contributed by atoms with Gasteiger partial charge in [0.15, 0.2) is 0 Å². The van der Waals surface area contributed by atoms with Crippen LogP contribution in [0.15, 0.2) is 41.3 Å². The third-order valence-corrected chi connectivity index (χ3v) is 4.83. The lowest BCUT2D eigenvalue weighted by atomic mass is 10.2. The van der Waals surface area contributed by atoms with Crippen molar-refractivity contribution in [2.75, 3.05) is 39.6 Å². The van der Waals surface area contributed by atoms with Crippen LogP contribution in [0.4, 0.5) is 0 Å². The third-order valence-electron chi connectivity index (χ3n) is 3.51. The van der Waals surface area contributed by atoms with Gasteiger partial charge in [-0.05, 0) is 19.1 Å². The van der Waals surface area contributed by atoms with E-state index in [-0.39, 0.29) is 56.3 Å². The highest BCUT2D eigenvalue weighted by atomic mass is 32.2. The number of rotatable bonds is 11. The largest absolute Gasteiger partial charge is 0.377 e. The molecule has 2 amide bonds. The van der Waals surface area contributed by atoms with E-state index in [0.29, 0.717) is 0 Å². The van der Waals surface area contributed by atoms with E-state index in [1.807, 2.05) is 6.92 Å². The van der Waals surface area contributed by atoms with Gasteiger partial charge in [-0.1, -0.05) is 17.7 Å². The normalized spacial score (nSPS) is 14.4. The van der Waals surface area contributed by atoms with Gasteiger partial charge in [-0.3, -0.25) is 18.7 Å². The van der Waals surface area contributed by atoms with Crippen molar-refractivity contribution in [3.05, 3.63) is 42.0 Å². The predicted molar refractivity (Wildman–Crippen MR) is 91.8 cm³/mol. The lowest BCUT2D eigenvalue weighted by molar-refractivity contribution is -0.137. The van der Waals surface area contributed by atoms with E-state index in [2.05, 4.69) is 0 Å². The zero-order valence-corrected chi connectivity index (χ0v) is 15.2. The number of aryl methyl sites for hydroxylation is 1. The molecule has 0 aliphatic carbocycles. The quantitative estimate of drug-likeness (QED) is 0.314. The first-order chi connectivity index (χ1) is 12.4. The van der Waals surface area contributed by atoms with Gasteiger partial charge in [-0.15, -0.1) is 0 Å². The highest BCUT2D eigenvalue weighted by Gasteiger charge is 2.22. The molecule has 9 heteroatoms. The Bertz CT molecular complexity index is 738. The number of amides is 2. The second-order valence-electron chi connectivity index (χ2n) is 5.48. The molecule has 0 fully saturated rings. The summed E-state index contributed by atoms with van der Waals surface area (Å²) in [5.41, 5.74) is 0.960. The average Bonchev–Trinajstić information content (AvgIpc) is 2.92. The molecular weight excluding hydrogens is 362 g/mol. The monoisotopic (exact) mass is 383 g/mol. The molecule has 0 saturated heterocycles. The standard InChI is InChI=1S/C17H21NO7S/c1-14-2-4-15(5-3-14)26(21,22)25-13-12-24-11-10-23-9-8-18-16(19)6-7-17(18)20/h2-7H,8-13H2,1H3. The highest BCUT2D eigenvalue weighted by molar-refractivity contribution is 7.86. The predicted octanol–water partition coefficient (Wildman–Crippen LogP) is 0.659. The average molecular weight is 383 g/mol. The van der Waals surface area contributed by atoms with Gasteiger partial charge in [0.25, 0.3) is 21.9 Å². The zero-order valence-electron chi connectivity index (χ0n) is 14.4. The van der Waals surface area contributed by atoms with Crippen molar-refractivity contribution in [3.63, 3.8) is 0 Å². The smallest absolute Gasteiger partial charge is 0.297 e. The van der Waals surface area contributed by atoms with Gasteiger partial charge in [-0.25, -0.2) is 0 Å². The number of hydrogen-bond donors (Lipinski definition) is 0. The summed E-state index contributed by atoms with van der Waals surface area (Å²) in [6, 6.07) is 6.38. The van der Waals surface area contributed by atoms with Crippen LogP contribution in [-0.2, 0) is 33.4 Å². The molecule has 0 N–H and O–H groups in total. The fourth-order valence-electron chi connectivity index (χ4n) is 2.10. The van der Waals surface area contributed by atoms with E-state index < -0.39 is 10.1 Å². The second-order valence-corrected chi connectivity index (χ2v) is 7.09. The molecule has 0 saturated carbocycles. The SMILES string of the molecule is Cc1ccc(S(=O)(=O)OCCOCCOCCN2C(=O)C=CC2=O)cc1. The fourth-order valence-corrected chi connectivity index (χ4v) is 3.00. The van der Waals surface area contributed by atoms with Crippen LogP contribution in [0.2, 0.25) is 0 Å². The summed E-state index contributed by atoms with van der Waals surface area (Å²) in [5.74, 6) is -0.691. The van der Waals surface area contributed by atoms with Crippen LogP contribution in [0.25, 0.3) is 0 Å². The minimum absolute atomic E-state index is 0.0986. The number of hydrogen-bond acceptors (Lipinski definition) is 7. The Labute approximate surface area is 152 Å². The molecule has 0 bridgehead atoms. The molecule has 0 atom stereocenters. The van der Waals surface area contributed by atoms with Gasteiger partial charge < -0.3 is 9.47 Å². The van der Waals surface area contributed by atoms with Crippen LogP contribution >= 0.6 is 0 Å². The maximum Gasteiger partial charge on any atom is 0.297 e. The maximum atomic E-state index is 11.9. The minimum atomic E-state index is -3.78. The van der Waals surface area contributed by atoms with E-state index in [1.54, 1.807) is 12.1 Å². The van der Waals surface area contributed by atoms with Crippen LogP contribution in [-0.4, -0.2) is 64.7 Å². The molecule has 1 aliphatic rings. The summed E-state index contributed by atoms with van der Waals surface area (Å²) in [6.45, 7) is 2.76. The Morgan fingerprint density at radius 3 is 2.00 bits per heavy atom. The fraction of sp³-hybridized carbons (Fsp3) is 0.412. The summed E-state index contributed by atoms with van der Waals surface area (Å²) >= 11 is 0. The number of nitrogens with zero attached hydrogens (tertiary/aromatic N) is 1. The van der Waals surface area contributed by atoms with E-state index >= 15 is 0 Å². The van der Waals surface area contributed by atoms with Crippen LogP contribution in [0.1, 0.15) is 5.56 Å². The topological polar surface area (TPSA) is 99.2 Å². The molecule has 0 spiro atoms. The van der Waals surface area contributed by atoms with Crippen molar-refractivity contribution in [1.29, 1.82) is 0 Å². The molecule has 1 aliphatic heterocycles. The van der Waals surface area contributed by atoms with Crippen LogP contribution in [0, 0.1) is 6.92 Å². The Morgan fingerprint density at radius 1 is 0.846 bits per heavy atom. The number of ether oxygens (including phenoxy) is 2. The second kappa shape index (κ2) is 9.58. The lowest BCUT2D eigenvalue weighted by Gasteiger charge is -2.13. The first kappa shape index (κ1) is 20.2. The van der Waals surface area contributed by atoms with Gasteiger partial charge >= 0.3 is 0 Å². The molecule has 2 rings (SSSR count). The summed E-state index contributed by atoms with van der Waals surface area (Å²) in [4.78, 5) is 23.8. The molecule has 0 aromatic heterocycles. The third kappa shape index (κ3) is 6.03. The molecular formula is C17H21NO7S. The van der Waals surface area contributed by atoms with Gasteiger partial charge in [0.05, 0.1) is 44.5 Å². The molecule has 1 heterocycles. The van der Waals surface area contributed by atoms with Crippen LogP contribution in [0.3, 0.4) is 0 Å². The first-order valence-corrected chi connectivity index (χ1v) is 9.46. The van der Waals surface area contributed by atoms with E-state index in [1.165, 1.54) is 24.3 Å². The van der Waals surface area contributed by atoms with Gasteiger partial charge in [0.2, 0.25) is 0 Å². The first-order valence-electron chi connectivity index (χ1n) is 8.05. The van der Waals surface area contributed by atoms with Crippen molar-refractivity contribution in [2.45, 2.75) is 11.8 Å². The maximum absolute atomic E-state index is 11.9. The minimum Gasteiger partial charge on any atom is -0.377 e. The lowest BCUT2D eigenvalue weighted by Crippen LogP contribution is -2.33. The van der Waals surface area contributed by atoms with Gasteiger partial charge in [-0.2, -0.15) is 8.42 Å². The van der Waals surface area contributed by atoms with Crippen molar-refractivity contribution in [3.8, 4) is 0 Å². The van der Waals surface area contributed by atoms with Crippen LogP contribution < -0.4 is 0 Å². The zero-order chi connectivity index (χ0) is 19.0. The molecule has 0 unspecified atom stereocenters. The van der Waals surface area contributed by atoms with E-state index in [0.717, 1.165) is 10.5 Å². The summed E-state index contributed by atoms with van der Waals surface area (Å²) < 4.78 is 39.2. The van der Waals surface area contributed by atoms with Crippen molar-refractivity contribution in [1.82, 2.24) is 4.90 Å². The van der Waals surface area contributed by atoms with Gasteiger partial charge in [0, 0.05) is 12.2 Å². The Kier molecular flexibility index (Phi) is 7.46. The molecule has 1 aromatic carbocycles. The highest BCUT2D eigenvalue weighted by Crippen LogP contribution is 2.12. The number of carbonyl (C=O) groups excluding carboxylic acids is 2. The van der Waals surface area contributed by atoms with Crippen molar-refractivity contribution in [2.24, 2.45) is 0 Å². The Hall–Kier alpha value is -2.07. The molecule has 0 radical (unpaired) electrons. The van der Waals surface area contributed by atoms with Crippen LogP contribution in [0.5, 0.6) is 0 Å². The van der Waals surface area contributed by atoms with Crippen molar-refractivity contribution < 1.29 is 31.7 Å². The van der Waals surface area contributed by atoms with Gasteiger partial charge in [0.1, 0.15) is 0 Å². The summed E-state index contributed by atoms with van der Waals surface area (Å²) in [5, 5.41) is 0. The molecule has 26 heavy (non-hydrogen) atoms. The van der Waals surface area contributed by atoms with Crippen molar-refractivity contribution >= 4 is 21.9 Å². The summed E-state index contributed by atoms with van der Waals surface area (Å²) in [6.07, 6.45) is 2.44. The molecule has 1 aromatic rings.